The molecular formula is C17H11N. The van der Waals surface area contributed by atoms with E-state index in [-0.39, 0.29) is 0 Å². The van der Waals surface area contributed by atoms with Crippen molar-refractivity contribution in [2.45, 2.75) is 0 Å². The average molecular weight is 229 g/mol. The van der Waals surface area contributed by atoms with Crippen molar-refractivity contribution in [3.05, 3.63) is 72.4 Å². The Balaban J connectivity index is 2.08. The van der Waals surface area contributed by atoms with Crippen LogP contribution in [0, 0.1) is 0 Å². The maximum absolute atomic E-state index is 4.26. The number of fused-ring (bicyclic) bond motifs is 3. The van der Waals surface area contributed by atoms with Gasteiger partial charge in [0.05, 0.1) is 5.71 Å². The number of aliphatic imine (C=N–C) groups is 1. The molecule has 1 heterocycles. The van der Waals surface area contributed by atoms with Crippen LogP contribution in [0.1, 0.15) is 5.56 Å². The number of allylic oxidation sites excluding steroid dienone is 1. The zero-order chi connectivity index (χ0) is 11.9. The van der Waals surface area contributed by atoms with Crippen molar-refractivity contribution in [2.24, 2.45) is 4.99 Å². The fourth-order valence-corrected chi connectivity index (χ4v) is 2.48. The van der Waals surface area contributed by atoms with Crippen LogP contribution in [0.15, 0.2) is 71.9 Å². The number of benzene rings is 3. The monoisotopic (exact) mass is 229 g/mol. The molecule has 0 saturated heterocycles. The molecule has 0 aromatic heterocycles. The van der Waals surface area contributed by atoms with Crippen LogP contribution in [0.4, 0.5) is 0 Å². The Morgan fingerprint density at radius 2 is 1.44 bits per heavy atom. The summed E-state index contributed by atoms with van der Waals surface area (Å²) < 4.78 is 0. The van der Waals surface area contributed by atoms with Crippen molar-refractivity contribution >= 4 is 27.3 Å². The Bertz CT molecular complexity index is 825. The minimum absolute atomic E-state index is 1.07. The minimum Gasteiger partial charge on any atom is -0.256 e. The molecule has 1 aliphatic rings. The SMILES string of the molecule is C1=CC(c2ccc3ccc4ccccc4c3c2)=N1. The summed E-state index contributed by atoms with van der Waals surface area (Å²) in [6, 6.07) is 19.4. The first kappa shape index (κ1) is 9.60. The quantitative estimate of drug-likeness (QED) is 0.551. The first-order valence-corrected chi connectivity index (χ1v) is 6.08. The number of hydrogen-bond donors (Lipinski definition) is 0. The summed E-state index contributed by atoms with van der Waals surface area (Å²) in [6.45, 7) is 0. The third-order valence-electron chi connectivity index (χ3n) is 3.49. The topological polar surface area (TPSA) is 12.4 Å². The van der Waals surface area contributed by atoms with Crippen molar-refractivity contribution in [1.82, 2.24) is 0 Å². The molecule has 0 bridgehead atoms. The highest BCUT2D eigenvalue weighted by molar-refractivity contribution is 6.16. The fourth-order valence-electron chi connectivity index (χ4n) is 2.48. The highest BCUT2D eigenvalue weighted by Crippen LogP contribution is 2.27. The molecule has 4 rings (SSSR count). The van der Waals surface area contributed by atoms with Crippen LogP contribution in [0.3, 0.4) is 0 Å². The van der Waals surface area contributed by atoms with Gasteiger partial charge >= 0.3 is 0 Å². The van der Waals surface area contributed by atoms with E-state index < -0.39 is 0 Å². The van der Waals surface area contributed by atoms with Crippen LogP contribution in [-0.2, 0) is 0 Å². The molecule has 0 unspecified atom stereocenters. The van der Waals surface area contributed by atoms with Crippen molar-refractivity contribution in [2.75, 3.05) is 0 Å². The molecule has 1 aliphatic heterocycles. The van der Waals surface area contributed by atoms with E-state index in [0.29, 0.717) is 0 Å². The van der Waals surface area contributed by atoms with Gasteiger partial charge < -0.3 is 0 Å². The summed E-state index contributed by atoms with van der Waals surface area (Å²) in [5, 5.41) is 5.17. The van der Waals surface area contributed by atoms with Crippen molar-refractivity contribution in [1.29, 1.82) is 0 Å². The molecule has 0 fully saturated rings. The van der Waals surface area contributed by atoms with Crippen LogP contribution >= 0.6 is 0 Å². The first-order chi connectivity index (χ1) is 8.92. The predicted octanol–water partition coefficient (Wildman–Crippen LogP) is 4.31. The molecule has 1 nitrogen and oxygen atoms in total. The first-order valence-electron chi connectivity index (χ1n) is 6.08. The Morgan fingerprint density at radius 3 is 2.22 bits per heavy atom. The highest BCUT2D eigenvalue weighted by atomic mass is 14.7. The van der Waals surface area contributed by atoms with E-state index in [4.69, 9.17) is 0 Å². The van der Waals surface area contributed by atoms with Crippen molar-refractivity contribution in [3.63, 3.8) is 0 Å². The molecule has 0 saturated carbocycles. The molecule has 0 N–H and O–H groups in total. The smallest absolute Gasteiger partial charge is 0.0717 e. The summed E-state index contributed by atoms with van der Waals surface area (Å²) in [5.41, 5.74) is 2.27. The Morgan fingerprint density at radius 1 is 0.722 bits per heavy atom. The van der Waals surface area contributed by atoms with E-state index >= 15 is 0 Å². The zero-order valence-corrected chi connectivity index (χ0v) is 9.80. The molecule has 3 aromatic carbocycles. The molecule has 0 aliphatic carbocycles. The predicted molar refractivity (Wildman–Crippen MR) is 77.1 cm³/mol. The molecule has 0 spiro atoms. The van der Waals surface area contributed by atoms with Gasteiger partial charge in [-0.15, -0.1) is 0 Å². The molecular weight excluding hydrogens is 218 g/mol. The molecule has 0 amide bonds. The van der Waals surface area contributed by atoms with E-state index in [1.54, 1.807) is 0 Å². The van der Waals surface area contributed by atoms with Gasteiger partial charge in [0.2, 0.25) is 0 Å². The lowest BCUT2D eigenvalue weighted by Gasteiger charge is -2.09. The molecule has 18 heavy (non-hydrogen) atoms. The van der Waals surface area contributed by atoms with Crippen LogP contribution < -0.4 is 0 Å². The largest absolute Gasteiger partial charge is 0.256 e. The highest BCUT2D eigenvalue weighted by Gasteiger charge is 2.06. The van der Waals surface area contributed by atoms with Gasteiger partial charge in [0, 0.05) is 11.8 Å². The maximum Gasteiger partial charge on any atom is 0.0717 e. The van der Waals surface area contributed by atoms with E-state index in [1.807, 2.05) is 12.3 Å². The standard InChI is InChI=1S/C17H11N/c1-2-4-15-12(3-1)5-6-13-7-8-14(11-16(13)15)17-9-10-18-17/h1-11H. The Kier molecular flexibility index (Phi) is 1.89. The fraction of sp³-hybridized carbons (Fsp3) is 0. The molecule has 0 radical (unpaired) electrons. The average Bonchev–Trinajstić information content (AvgIpc) is 2.36. The van der Waals surface area contributed by atoms with Gasteiger partial charge in [-0.25, -0.2) is 0 Å². The Hall–Kier alpha value is -2.41. The van der Waals surface area contributed by atoms with Crippen LogP contribution in [0.5, 0.6) is 0 Å². The maximum atomic E-state index is 4.26. The van der Waals surface area contributed by atoms with Gasteiger partial charge in [0.25, 0.3) is 0 Å². The molecule has 84 valence electrons. The summed E-state index contributed by atoms with van der Waals surface area (Å²) in [4.78, 5) is 4.26. The van der Waals surface area contributed by atoms with Gasteiger partial charge in [-0.1, -0.05) is 48.5 Å². The Labute approximate surface area is 105 Å². The van der Waals surface area contributed by atoms with Gasteiger partial charge in [0.1, 0.15) is 0 Å². The summed E-state index contributed by atoms with van der Waals surface area (Å²) in [6.07, 6.45) is 3.88. The number of hydrogen-bond acceptors (Lipinski definition) is 1. The zero-order valence-electron chi connectivity index (χ0n) is 9.80. The van der Waals surface area contributed by atoms with Gasteiger partial charge in [-0.2, -0.15) is 0 Å². The lowest BCUT2D eigenvalue weighted by molar-refractivity contribution is 1.48. The number of nitrogens with zero attached hydrogens (tertiary/aromatic N) is 1. The second kappa shape index (κ2) is 3.54. The van der Waals surface area contributed by atoms with Gasteiger partial charge in [-0.3, -0.25) is 4.99 Å². The van der Waals surface area contributed by atoms with Gasteiger partial charge in [-0.05, 0) is 33.7 Å². The lowest BCUT2D eigenvalue weighted by Crippen LogP contribution is -2.01. The minimum atomic E-state index is 1.07. The van der Waals surface area contributed by atoms with E-state index in [2.05, 4.69) is 59.6 Å². The van der Waals surface area contributed by atoms with Gasteiger partial charge in [0.15, 0.2) is 0 Å². The lowest BCUT2D eigenvalue weighted by atomic mass is 9.98. The van der Waals surface area contributed by atoms with Crippen LogP contribution in [0.25, 0.3) is 21.5 Å². The van der Waals surface area contributed by atoms with E-state index in [1.165, 1.54) is 27.1 Å². The molecule has 1 heteroatoms. The van der Waals surface area contributed by atoms with E-state index in [9.17, 15) is 0 Å². The van der Waals surface area contributed by atoms with Crippen LogP contribution in [-0.4, -0.2) is 5.71 Å². The normalized spacial score (nSPS) is 13.7. The third-order valence-corrected chi connectivity index (χ3v) is 3.49. The van der Waals surface area contributed by atoms with Crippen molar-refractivity contribution in [3.8, 4) is 0 Å². The second-order valence-corrected chi connectivity index (χ2v) is 4.55. The summed E-state index contributed by atoms with van der Waals surface area (Å²) in [5.74, 6) is 0. The number of rotatable bonds is 1. The van der Waals surface area contributed by atoms with E-state index in [0.717, 1.165) is 5.71 Å². The van der Waals surface area contributed by atoms with Crippen molar-refractivity contribution < 1.29 is 0 Å². The summed E-state index contributed by atoms with van der Waals surface area (Å²) in [7, 11) is 0. The molecule has 3 aromatic rings. The van der Waals surface area contributed by atoms with Crippen LogP contribution in [0.2, 0.25) is 0 Å². The second-order valence-electron chi connectivity index (χ2n) is 4.55. The summed E-state index contributed by atoms with van der Waals surface area (Å²) >= 11 is 0. The molecule has 0 atom stereocenters. The third kappa shape index (κ3) is 1.31.